The monoisotopic (exact) mass is 312 g/mol. The molecular weight excluding hydrogens is 296 g/mol. The second-order valence-corrected chi connectivity index (χ2v) is 5.42. The first-order valence-corrected chi connectivity index (χ1v) is 7.58. The van der Waals surface area contributed by atoms with Crippen molar-refractivity contribution in [2.24, 2.45) is 5.73 Å². The fourth-order valence-electron chi connectivity index (χ4n) is 2.50. The third-order valence-corrected chi connectivity index (χ3v) is 3.65. The van der Waals surface area contributed by atoms with E-state index in [-0.39, 0.29) is 0 Å². The molecule has 3 heteroatoms. The van der Waals surface area contributed by atoms with Gasteiger partial charge in [0.05, 0.1) is 5.69 Å². The number of hydrogen-bond acceptors (Lipinski definition) is 2. The SMILES string of the molecule is Cc1cc(C#Cc2ccccc2)cnc1-c1ccccc1C(N)=O. The molecule has 116 valence electrons. The number of benzene rings is 2. The van der Waals surface area contributed by atoms with Gasteiger partial charge in [-0.3, -0.25) is 9.78 Å². The molecule has 0 aliphatic rings. The highest BCUT2D eigenvalue weighted by Crippen LogP contribution is 2.25. The van der Waals surface area contributed by atoms with Gasteiger partial charge in [-0.15, -0.1) is 0 Å². The van der Waals surface area contributed by atoms with Gasteiger partial charge >= 0.3 is 0 Å². The molecule has 2 aromatic carbocycles. The van der Waals surface area contributed by atoms with Crippen molar-refractivity contribution in [1.29, 1.82) is 0 Å². The van der Waals surface area contributed by atoms with Crippen LogP contribution in [0.25, 0.3) is 11.3 Å². The van der Waals surface area contributed by atoms with E-state index in [4.69, 9.17) is 5.73 Å². The number of aromatic nitrogens is 1. The van der Waals surface area contributed by atoms with Gasteiger partial charge in [-0.1, -0.05) is 48.2 Å². The zero-order valence-electron chi connectivity index (χ0n) is 13.3. The molecule has 3 nitrogen and oxygen atoms in total. The maximum Gasteiger partial charge on any atom is 0.249 e. The summed E-state index contributed by atoms with van der Waals surface area (Å²) in [5.41, 5.74) is 10.1. The van der Waals surface area contributed by atoms with Crippen LogP contribution in [0.4, 0.5) is 0 Å². The summed E-state index contributed by atoms with van der Waals surface area (Å²) in [6.45, 7) is 1.95. The summed E-state index contributed by atoms with van der Waals surface area (Å²) in [6.07, 6.45) is 1.72. The lowest BCUT2D eigenvalue weighted by Crippen LogP contribution is -2.12. The van der Waals surface area contributed by atoms with Crippen LogP contribution in [0, 0.1) is 18.8 Å². The van der Waals surface area contributed by atoms with Crippen LogP contribution >= 0.6 is 0 Å². The molecule has 0 spiro atoms. The quantitative estimate of drug-likeness (QED) is 0.736. The van der Waals surface area contributed by atoms with Crippen LogP contribution in [0.1, 0.15) is 27.0 Å². The number of nitrogens with two attached hydrogens (primary N) is 1. The molecule has 0 saturated heterocycles. The molecule has 0 aliphatic heterocycles. The van der Waals surface area contributed by atoms with Gasteiger partial charge < -0.3 is 5.73 Å². The smallest absolute Gasteiger partial charge is 0.249 e. The van der Waals surface area contributed by atoms with E-state index in [1.807, 2.05) is 55.5 Å². The molecule has 0 radical (unpaired) electrons. The van der Waals surface area contributed by atoms with Gasteiger partial charge in [-0.05, 0) is 36.8 Å². The van der Waals surface area contributed by atoms with Crippen LogP contribution < -0.4 is 5.73 Å². The summed E-state index contributed by atoms with van der Waals surface area (Å²) < 4.78 is 0. The van der Waals surface area contributed by atoms with Crippen LogP contribution in [-0.2, 0) is 0 Å². The Morgan fingerprint density at radius 1 is 0.958 bits per heavy atom. The summed E-state index contributed by atoms with van der Waals surface area (Å²) in [4.78, 5) is 16.1. The van der Waals surface area contributed by atoms with Crippen LogP contribution in [0.5, 0.6) is 0 Å². The van der Waals surface area contributed by atoms with Crippen LogP contribution in [0.15, 0.2) is 66.9 Å². The number of carbonyl (C=O) groups is 1. The minimum Gasteiger partial charge on any atom is -0.366 e. The van der Waals surface area contributed by atoms with E-state index < -0.39 is 5.91 Å². The highest BCUT2D eigenvalue weighted by molar-refractivity contribution is 5.99. The van der Waals surface area contributed by atoms with E-state index in [1.54, 1.807) is 18.3 Å². The molecule has 0 bridgehead atoms. The Kier molecular flexibility index (Phi) is 4.40. The van der Waals surface area contributed by atoms with E-state index in [1.165, 1.54) is 0 Å². The summed E-state index contributed by atoms with van der Waals surface area (Å²) in [5.74, 6) is 5.77. The fourth-order valence-corrected chi connectivity index (χ4v) is 2.50. The van der Waals surface area contributed by atoms with Crippen LogP contribution in [-0.4, -0.2) is 10.9 Å². The molecule has 3 rings (SSSR count). The first-order valence-electron chi connectivity index (χ1n) is 7.58. The second-order valence-electron chi connectivity index (χ2n) is 5.42. The Morgan fingerprint density at radius 3 is 2.33 bits per heavy atom. The molecule has 0 aliphatic carbocycles. The molecule has 1 aromatic heterocycles. The standard InChI is InChI=1S/C21H16N2O/c1-15-13-17(12-11-16-7-3-2-4-8-16)14-23-20(15)18-9-5-6-10-19(18)21(22)24/h2-10,13-14H,1H3,(H2,22,24). The lowest BCUT2D eigenvalue weighted by Gasteiger charge is -2.09. The van der Waals surface area contributed by atoms with E-state index in [0.29, 0.717) is 5.56 Å². The van der Waals surface area contributed by atoms with Gasteiger partial charge in [-0.25, -0.2) is 0 Å². The number of pyridine rings is 1. The van der Waals surface area contributed by atoms with Crippen molar-refractivity contribution in [2.75, 3.05) is 0 Å². The third-order valence-electron chi connectivity index (χ3n) is 3.65. The summed E-state index contributed by atoms with van der Waals surface area (Å²) in [7, 11) is 0. The molecular formula is C21H16N2O. The van der Waals surface area contributed by atoms with Crippen molar-refractivity contribution in [3.05, 3.63) is 89.1 Å². The maximum atomic E-state index is 11.6. The van der Waals surface area contributed by atoms with Crippen molar-refractivity contribution in [3.8, 4) is 23.1 Å². The van der Waals surface area contributed by atoms with Gasteiger partial charge in [0.1, 0.15) is 0 Å². The van der Waals surface area contributed by atoms with Crippen molar-refractivity contribution < 1.29 is 4.79 Å². The lowest BCUT2D eigenvalue weighted by atomic mass is 9.99. The number of primary amides is 1. The Hall–Kier alpha value is -3.38. The Labute approximate surface area is 141 Å². The first-order chi connectivity index (χ1) is 11.6. The van der Waals surface area contributed by atoms with Gasteiger partial charge in [-0.2, -0.15) is 0 Å². The number of rotatable bonds is 2. The largest absolute Gasteiger partial charge is 0.366 e. The summed E-state index contributed by atoms with van der Waals surface area (Å²) in [5, 5.41) is 0. The average Bonchev–Trinajstić information content (AvgIpc) is 2.61. The Balaban J connectivity index is 1.97. The molecule has 0 atom stereocenters. The predicted molar refractivity (Wildman–Crippen MR) is 95.3 cm³/mol. The lowest BCUT2D eigenvalue weighted by molar-refractivity contribution is 0.100. The summed E-state index contributed by atoms with van der Waals surface area (Å²) >= 11 is 0. The summed E-state index contributed by atoms with van der Waals surface area (Å²) in [6, 6.07) is 19.0. The van der Waals surface area contributed by atoms with E-state index in [0.717, 1.165) is 27.9 Å². The van der Waals surface area contributed by atoms with Crippen molar-refractivity contribution in [2.45, 2.75) is 6.92 Å². The normalized spacial score (nSPS) is 9.88. The Morgan fingerprint density at radius 2 is 1.62 bits per heavy atom. The van der Waals surface area contributed by atoms with Crippen molar-refractivity contribution in [1.82, 2.24) is 4.98 Å². The van der Waals surface area contributed by atoms with E-state index in [9.17, 15) is 4.79 Å². The number of aryl methyl sites for hydroxylation is 1. The zero-order valence-corrected chi connectivity index (χ0v) is 13.3. The second kappa shape index (κ2) is 6.80. The van der Waals surface area contributed by atoms with E-state index in [2.05, 4.69) is 16.8 Å². The fraction of sp³-hybridized carbons (Fsp3) is 0.0476. The van der Waals surface area contributed by atoms with Gasteiger partial charge in [0, 0.05) is 28.5 Å². The number of hydrogen-bond donors (Lipinski definition) is 1. The Bertz CT molecular complexity index is 950. The van der Waals surface area contributed by atoms with Crippen molar-refractivity contribution >= 4 is 5.91 Å². The minimum atomic E-state index is -0.459. The van der Waals surface area contributed by atoms with Gasteiger partial charge in [0.25, 0.3) is 0 Å². The number of amides is 1. The van der Waals surface area contributed by atoms with Crippen LogP contribution in [0.3, 0.4) is 0 Å². The highest BCUT2D eigenvalue weighted by Gasteiger charge is 2.12. The zero-order chi connectivity index (χ0) is 16.9. The predicted octanol–water partition coefficient (Wildman–Crippen LogP) is 3.56. The third kappa shape index (κ3) is 3.34. The number of carbonyl (C=O) groups excluding carboxylic acids is 1. The maximum absolute atomic E-state index is 11.6. The molecule has 0 fully saturated rings. The first kappa shape index (κ1) is 15.5. The van der Waals surface area contributed by atoms with Gasteiger partial charge in [0.15, 0.2) is 0 Å². The van der Waals surface area contributed by atoms with Crippen LogP contribution in [0.2, 0.25) is 0 Å². The molecule has 1 amide bonds. The van der Waals surface area contributed by atoms with Crippen molar-refractivity contribution in [3.63, 3.8) is 0 Å². The molecule has 0 unspecified atom stereocenters. The molecule has 0 saturated carbocycles. The molecule has 3 aromatic rings. The molecule has 2 N–H and O–H groups in total. The average molecular weight is 312 g/mol. The molecule has 24 heavy (non-hydrogen) atoms. The highest BCUT2D eigenvalue weighted by atomic mass is 16.1. The van der Waals surface area contributed by atoms with E-state index >= 15 is 0 Å². The van der Waals surface area contributed by atoms with Gasteiger partial charge in [0.2, 0.25) is 5.91 Å². The molecule has 1 heterocycles. The number of nitrogens with zero attached hydrogens (tertiary/aromatic N) is 1. The topological polar surface area (TPSA) is 56.0 Å². The minimum absolute atomic E-state index is 0.459.